The van der Waals surface area contributed by atoms with E-state index in [0.29, 0.717) is 12.2 Å². The van der Waals surface area contributed by atoms with Gasteiger partial charge in [0, 0.05) is 12.2 Å². The average molecular weight is 259 g/mol. The predicted molar refractivity (Wildman–Crippen MR) is 75.5 cm³/mol. The van der Waals surface area contributed by atoms with E-state index in [1.807, 2.05) is 18.2 Å². The summed E-state index contributed by atoms with van der Waals surface area (Å²) in [6, 6.07) is 5.84. The van der Waals surface area contributed by atoms with E-state index in [0.717, 1.165) is 37.4 Å². The summed E-state index contributed by atoms with van der Waals surface area (Å²) < 4.78 is 5.37. The van der Waals surface area contributed by atoms with E-state index in [9.17, 15) is 4.79 Å². The first-order valence-corrected chi connectivity index (χ1v) is 7.37. The van der Waals surface area contributed by atoms with Gasteiger partial charge in [-0.3, -0.25) is 0 Å². The Morgan fingerprint density at radius 1 is 1.32 bits per heavy atom. The number of ether oxygens (including phenoxy) is 1. The Morgan fingerprint density at radius 2 is 2.21 bits per heavy atom. The molecule has 0 unspecified atom stereocenters. The molecule has 3 nitrogen and oxygen atoms in total. The van der Waals surface area contributed by atoms with Crippen molar-refractivity contribution in [1.29, 1.82) is 0 Å². The molecule has 0 amide bonds. The lowest BCUT2D eigenvalue weighted by Crippen LogP contribution is -2.16. The summed E-state index contributed by atoms with van der Waals surface area (Å²) in [6.45, 7) is 1.59. The molecule has 1 heterocycles. The van der Waals surface area contributed by atoms with Crippen LogP contribution in [0.5, 0.6) is 0 Å². The van der Waals surface area contributed by atoms with Gasteiger partial charge in [-0.05, 0) is 48.9 Å². The number of hydrogen-bond donors (Lipinski definition) is 1. The van der Waals surface area contributed by atoms with Crippen molar-refractivity contribution < 1.29 is 9.53 Å². The summed E-state index contributed by atoms with van der Waals surface area (Å²) in [4.78, 5) is 12.0. The van der Waals surface area contributed by atoms with Crippen LogP contribution in [-0.4, -0.2) is 19.1 Å². The third-order valence-electron chi connectivity index (χ3n) is 4.26. The minimum atomic E-state index is -0.173. The van der Waals surface area contributed by atoms with Gasteiger partial charge in [0.2, 0.25) is 0 Å². The van der Waals surface area contributed by atoms with Gasteiger partial charge in [-0.2, -0.15) is 0 Å². The first-order chi connectivity index (χ1) is 9.33. The Balaban J connectivity index is 1.56. The minimum absolute atomic E-state index is 0.173. The van der Waals surface area contributed by atoms with E-state index in [-0.39, 0.29) is 5.97 Å². The molecule has 1 saturated carbocycles. The summed E-state index contributed by atoms with van der Waals surface area (Å²) in [5.41, 5.74) is 3.09. The molecular weight excluding hydrogens is 238 g/mol. The second-order valence-electron chi connectivity index (χ2n) is 5.62. The van der Waals surface area contributed by atoms with Crippen LogP contribution in [0.25, 0.3) is 0 Å². The van der Waals surface area contributed by atoms with Crippen LogP contribution in [-0.2, 0) is 11.2 Å². The van der Waals surface area contributed by atoms with Gasteiger partial charge >= 0.3 is 5.97 Å². The number of rotatable bonds is 4. The quantitative estimate of drug-likeness (QED) is 0.842. The van der Waals surface area contributed by atoms with Gasteiger partial charge in [-0.15, -0.1) is 0 Å². The van der Waals surface area contributed by atoms with Gasteiger partial charge in [-0.25, -0.2) is 4.79 Å². The van der Waals surface area contributed by atoms with E-state index in [1.165, 1.54) is 24.8 Å². The third kappa shape index (κ3) is 2.91. The molecule has 0 saturated heterocycles. The van der Waals surface area contributed by atoms with E-state index in [2.05, 4.69) is 5.32 Å². The van der Waals surface area contributed by atoms with Crippen LogP contribution in [0.15, 0.2) is 18.2 Å². The van der Waals surface area contributed by atoms with Crippen LogP contribution in [0.4, 0.5) is 5.69 Å². The largest absolute Gasteiger partial charge is 0.462 e. The Morgan fingerprint density at radius 3 is 3.00 bits per heavy atom. The molecule has 2 aliphatic rings. The standard InChI is InChI=1S/C16H21NO2/c18-16(19-10-8-12-3-1-4-12)14-6-7-15-13(11-14)5-2-9-17-15/h6-7,11-12,17H,1-5,8-10H2. The molecule has 0 aromatic heterocycles. The minimum Gasteiger partial charge on any atom is -0.462 e. The Kier molecular flexibility index (Phi) is 3.72. The maximum absolute atomic E-state index is 12.0. The van der Waals surface area contributed by atoms with Crippen LogP contribution in [0.1, 0.15) is 48.0 Å². The normalized spacial score (nSPS) is 18.1. The van der Waals surface area contributed by atoms with Crippen LogP contribution in [0.2, 0.25) is 0 Å². The smallest absolute Gasteiger partial charge is 0.338 e. The summed E-state index contributed by atoms with van der Waals surface area (Å²) in [6.07, 6.45) is 7.16. The zero-order valence-electron chi connectivity index (χ0n) is 11.3. The molecule has 19 heavy (non-hydrogen) atoms. The highest BCUT2D eigenvalue weighted by molar-refractivity contribution is 5.90. The molecule has 3 heteroatoms. The summed E-state index contributed by atoms with van der Waals surface area (Å²) in [5, 5.41) is 3.35. The highest BCUT2D eigenvalue weighted by atomic mass is 16.5. The molecule has 0 radical (unpaired) electrons. The van der Waals surface area contributed by atoms with Crippen molar-refractivity contribution in [3.63, 3.8) is 0 Å². The second kappa shape index (κ2) is 5.64. The maximum atomic E-state index is 12.0. The molecule has 1 N–H and O–H groups in total. The lowest BCUT2D eigenvalue weighted by atomic mass is 9.83. The fourth-order valence-corrected chi connectivity index (χ4v) is 2.78. The lowest BCUT2D eigenvalue weighted by Gasteiger charge is -2.24. The van der Waals surface area contributed by atoms with Gasteiger partial charge in [0.05, 0.1) is 12.2 Å². The maximum Gasteiger partial charge on any atom is 0.338 e. The van der Waals surface area contributed by atoms with Crippen molar-refractivity contribution >= 4 is 11.7 Å². The van der Waals surface area contributed by atoms with Gasteiger partial charge in [0.25, 0.3) is 0 Å². The number of benzene rings is 1. The molecule has 1 aliphatic heterocycles. The predicted octanol–water partition coefficient (Wildman–Crippen LogP) is 3.39. The van der Waals surface area contributed by atoms with Crippen molar-refractivity contribution in [3.8, 4) is 0 Å². The van der Waals surface area contributed by atoms with Crippen LogP contribution in [0, 0.1) is 5.92 Å². The third-order valence-corrected chi connectivity index (χ3v) is 4.26. The SMILES string of the molecule is O=C(OCCC1CCC1)c1ccc2c(c1)CCCN2. The molecule has 0 spiro atoms. The first kappa shape index (κ1) is 12.5. The summed E-state index contributed by atoms with van der Waals surface area (Å²) in [7, 11) is 0. The molecule has 3 rings (SSSR count). The Labute approximate surface area is 114 Å². The van der Waals surface area contributed by atoms with Crippen molar-refractivity contribution in [1.82, 2.24) is 0 Å². The molecular formula is C16H21NO2. The average Bonchev–Trinajstić information content (AvgIpc) is 2.40. The van der Waals surface area contributed by atoms with Crippen molar-refractivity contribution in [2.45, 2.75) is 38.5 Å². The van der Waals surface area contributed by atoms with Crippen LogP contribution < -0.4 is 5.32 Å². The molecule has 0 bridgehead atoms. The number of carbonyl (C=O) groups is 1. The van der Waals surface area contributed by atoms with Crippen LogP contribution in [0.3, 0.4) is 0 Å². The van der Waals surface area contributed by atoms with Gasteiger partial charge in [0.1, 0.15) is 0 Å². The van der Waals surface area contributed by atoms with E-state index in [1.54, 1.807) is 0 Å². The topological polar surface area (TPSA) is 38.3 Å². The fraction of sp³-hybridized carbons (Fsp3) is 0.562. The molecule has 1 aromatic rings. The number of nitrogens with one attached hydrogen (secondary N) is 1. The molecule has 1 fully saturated rings. The summed E-state index contributed by atoms with van der Waals surface area (Å²) in [5.74, 6) is 0.619. The van der Waals surface area contributed by atoms with Gasteiger partial charge in [0.15, 0.2) is 0 Å². The summed E-state index contributed by atoms with van der Waals surface area (Å²) >= 11 is 0. The molecule has 102 valence electrons. The highest BCUT2D eigenvalue weighted by Crippen LogP contribution is 2.29. The fourth-order valence-electron chi connectivity index (χ4n) is 2.78. The first-order valence-electron chi connectivity index (χ1n) is 7.37. The van der Waals surface area contributed by atoms with Gasteiger partial charge < -0.3 is 10.1 Å². The molecule has 1 aromatic carbocycles. The number of anilines is 1. The monoisotopic (exact) mass is 259 g/mol. The second-order valence-corrected chi connectivity index (χ2v) is 5.62. The molecule has 0 atom stereocenters. The zero-order valence-corrected chi connectivity index (χ0v) is 11.3. The lowest BCUT2D eigenvalue weighted by molar-refractivity contribution is 0.0464. The van der Waals surface area contributed by atoms with Gasteiger partial charge in [-0.1, -0.05) is 19.3 Å². The van der Waals surface area contributed by atoms with E-state index in [4.69, 9.17) is 4.74 Å². The Hall–Kier alpha value is -1.51. The number of esters is 1. The highest BCUT2D eigenvalue weighted by Gasteiger charge is 2.18. The number of carbonyl (C=O) groups excluding carboxylic acids is 1. The van der Waals surface area contributed by atoms with Crippen molar-refractivity contribution in [2.24, 2.45) is 5.92 Å². The van der Waals surface area contributed by atoms with Crippen molar-refractivity contribution in [3.05, 3.63) is 29.3 Å². The van der Waals surface area contributed by atoms with Crippen LogP contribution >= 0.6 is 0 Å². The van der Waals surface area contributed by atoms with E-state index >= 15 is 0 Å². The number of fused-ring (bicyclic) bond motifs is 1. The van der Waals surface area contributed by atoms with E-state index < -0.39 is 0 Å². The number of hydrogen-bond acceptors (Lipinski definition) is 3. The Bertz CT molecular complexity index is 466. The zero-order chi connectivity index (χ0) is 13.1. The molecule has 1 aliphatic carbocycles. The number of aryl methyl sites for hydroxylation is 1. The van der Waals surface area contributed by atoms with Crippen molar-refractivity contribution in [2.75, 3.05) is 18.5 Å².